The van der Waals surface area contributed by atoms with Gasteiger partial charge in [0, 0.05) is 18.0 Å². The number of piperidine rings is 2. The van der Waals surface area contributed by atoms with E-state index in [1.165, 1.54) is 12.8 Å². The lowest BCUT2D eigenvalue weighted by Crippen LogP contribution is -2.51. The summed E-state index contributed by atoms with van der Waals surface area (Å²) >= 11 is 0. The molecule has 0 aliphatic carbocycles. The third-order valence-corrected chi connectivity index (χ3v) is 4.40. The lowest BCUT2D eigenvalue weighted by Gasteiger charge is -2.43. The van der Waals surface area contributed by atoms with Crippen LogP contribution in [0.15, 0.2) is 0 Å². The maximum Gasteiger partial charge on any atom is 0.0963 e. The van der Waals surface area contributed by atoms with Gasteiger partial charge in [0.15, 0.2) is 0 Å². The first-order chi connectivity index (χ1) is 7.79. The Balaban J connectivity index is 1.84. The minimum atomic E-state index is -0.246. The quantitative estimate of drug-likeness (QED) is 0.750. The van der Waals surface area contributed by atoms with Crippen molar-refractivity contribution in [2.24, 2.45) is 11.1 Å². The van der Waals surface area contributed by atoms with Crippen LogP contribution >= 0.6 is 0 Å². The van der Waals surface area contributed by atoms with Crippen molar-refractivity contribution in [2.45, 2.75) is 31.7 Å². The van der Waals surface area contributed by atoms with Crippen LogP contribution in [0, 0.1) is 5.41 Å². The first-order valence-electron chi connectivity index (χ1n) is 6.50. The summed E-state index contributed by atoms with van der Waals surface area (Å²) in [6.45, 7) is 4.59. The average molecular weight is 229 g/mol. The van der Waals surface area contributed by atoms with E-state index < -0.39 is 0 Å². The molecule has 0 amide bonds. The Kier molecular flexibility index (Phi) is 4.16. The van der Waals surface area contributed by atoms with Gasteiger partial charge in [0.1, 0.15) is 0 Å². The minimum Gasteiger partial charge on any atom is -0.330 e. The average Bonchev–Trinajstić information content (AvgIpc) is 2.40. The van der Waals surface area contributed by atoms with Crippen LogP contribution in [-0.4, -0.2) is 50.3 Å². The van der Waals surface area contributed by atoms with E-state index in [9.17, 15) is 4.39 Å². The van der Waals surface area contributed by atoms with Gasteiger partial charge >= 0.3 is 0 Å². The van der Waals surface area contributed by atoms with E-state index in [1.807, 2.05) is 0 Å². The van der Waals surface area contributed by atoms with E-state index in [0.29, 0.717) is 6.54 Å². The molecule has 3 nitrogen and oxygen atoms in total. The Labute approximate surface area is 97.6 Å². The van der Waals surface area contributed by atoms with E-state index in [-0.39, 0.29) is 12.1 Å². The number of hydrogen-bond donors (Lipinski definition) is 2. The summed E-state index contributed by atoms with van der Waals surface area (Å²) < 4.78 is 13.0. The smallest absolute Gasteiger partial charge is 0.0963 e. The van der Waals surface area contributed by atoms with Gasteiger partial charge in [-0.25, -0.2) is 0 Å². The Bertz CT molecular complexity index is 202. The highest BCUT2D eigenvalue weighted by atomic mass is 19.1. The highest BCUT2D eigenvalue weighted by Crippen LogP contribution is 2.32. The number of nitrogens with one attached hydrogen (secondary N) is 1. The van der Waals surface area contributed by atoms with Crippen molar-refractivity contribution in [3.05, 3.63) is 0 Å². The lowest BCUT2D eigenvalue weighted by molar-refractivity contribution is 0.0496. The van der Waals surface area contributed by atoms with Crippen LogP contribution in [0.2, 0.25) is 0 Å². The predicted molar refractivity (Wildman–Crippen MR) is 64.2 cm³/mol. The van der Waals surface area contributed by atoms with Crippen molar-refractivity contribution in [3.8, 4) is 0 Å². The number of halogens is 1. The van der Waals surface area contributed by atoms with E-state index >= 15 is 0 Å². The molecule has 94 valence electrons. The van der Waals surface area contributed by atoms with Crippen LogP contribution in [-0.2, 0) is 0 Å². The van der Waals surface area contributed by atoms with Gasteiger partial charge in [-0.2, -0.15) is 0 Å². The Morgan fingerprint density at radius 3 is 2.38 bits per heavy atom. The van der Waals surface area contributed by atoms with Gasteiger partial charge in [-0.15, -0.1) is 0 Å². The molecular formula is C12H24FN3. The zero-order valence-corrected chi connectivity index (χ0v) is 10.1. The van der Waals surface area contributed by atoms with Gasteiger partial charge in [0.05, 0.1) is 6.67 Å². The fourth-order valence-electron chi connectivity index (χ4n) is 2.93. The van der Waals surface area contributed by atoms with Crippen LogP contribution < -0.4 is 11.1 Å². The fraction of sp³-hybridized carbons (Fsp3) is 1.00. The van der Waals surface area contributed by atoms with E-state index in [1.54, 1.807) is 0 Å². The number of nitrogens with zero attached hydrogens (tertiary/aromatic N) is 1. The largest absolute Gasteiger partial charge is 0.330 e. The molecule has 2 heterocycles. The normalized spacial score (nSPS) is 28.1. The predicted octanol–water partition coefficient (Wildman–Crippen LogP) is 0.749. The fourth-order valence-corrected chi connectivity index (χ4v) is 2.93. The van der Waals surface area contributed by atoms with Crippen LogP contribution in [0.25, 0.3) is 0 Å². The van der Waals surface area contributed by atoms with Crippen LogP contribution in [0.3, 0.4) is 0 Å². The van der Waals surface area contributed by atoms with Gasteiger partial charge < -0.3 is 16.0 Å². The van der Waals surface area contributed by atoms with Gasteiger partial charge in [0.25, 0.3) is 0 Å². The summed E-state index contributed by atoms with van der Waals surface area (Å²) in [5, 5.41) is 3.39. The zero-order chi connectivity index (χ0) is 11.4. The molecule has 0 aromatic rings. The van der Waals surface area contributed by atoms with Crippen LogP contribution in [0.5, 0.6) is 0 Å². The summed E-state index contributed by atoms with van der Waals surface area (Å²) in [4.78, 5) is 2.55. The molecule has 0 atom stereocenters. The Hall–Kier alpha value is -0.190. The summed E-state index contributed by atoms with van der Waals surface area (Å²) in [7, 11) is 0. The molecular weight excluding hydrogens is 205 g/mol. The molecule has 2 aliphatic rings. The summed E-state index contributed by atoms with van der Waals surface area (Å²) in [6.07, 6.45) is 4.35. The molecule has 2 saturated heterocycles. The van der Waals surface area contributed by atoms with Crippen LogP contribution in [0.1, 0.15) is 25.7 Å². The molecule has 0 unspecified atom stereocenters. The third kappa shape index (κ3) is 2.55. The number of hydrogen-bond acceptors (Lipinski definition) is 3. The number of rotatable bonds is 3. The molecule has 3 N–H and O–H groups in total. The topological polar surface area (TPSA) is 41.3 Å². The first kappa shape index (κ1) is 12.3. The van der Waals surface area contributed by atoms with Crippen molar-refractivity contribution in [2.75, 3.05) is 39.4 Å². The minimum absolute atomic E-state index is 0.205. The second-order valence-corrected chi connectivity index (χ2v) is 5.35. The maximum absolute atomic E-state index is 13.0. The van der Waals surface area contributed by atoms with Gasteiger partial charge in [0.2, 0.25) is 0 Å². The maximum atomic E-state index is 13.0. The molecule has 0 saturated carbocycles. The van der Waals surface area contributed by atoms with Crippen molar-refractivity contribution < 1.29 is 4.39 Å². The van der Waals surface area contributed by atoms with E-state index in [2.05, 4.69) is 10.2 Å². The molecule has 0 bridgehead atoms. The molecule has 0 spiro atoms. The Morgan fingerprint density at radius 2 is 1.88 bits per heavy atom. The molecule has 2 aliphatic heterocycles. The first-order valence-corrected chi connectivity index (χ1v) is 6.50. The van der Waals surface area contributed by atoms with E-state index in [4.69, 9.17) is 5.73 Å². The van der Waals surface area contributed by atoms with Gasteiger partial charge in [-0.3, -0.25) is 4.39 Å². The number of alkyl halides is 1. The number of likely N-dealkylation sites (tertiary alicyclic amines) is 1. The third-order valence-electron chi connectivity index (χ3n) is 4.40. The lowest BCUT2D eigenvalue weighted by atomic mass is 9.79. The highest BCUT2D eigenvalue weighted by Gasteiger charge is 2.35. The van der Waals surface area contributed by atoms with Crippen molar-refractivity contribution in [3.63, 3.8) is 0 Å². The van der Waals surface area contributed by atoms with Gasteiger partial charge in [-0.05, 0) is 51.9 Å². The number of nitrogens with two attached hydrogens (primary N) is 1. The Morgan fingerprint density at radius 1 is 1.25 bits per heavy atom. The monoisotopic (exact) mass is 229 g/mol. The molecule has 4 heteroatoms. The van der Waals surface area contributed by atoms with Gasteiger partial charge in [-0.1, -0.05) is 0 Å². The molecule has 2 rings (SSSR count). The van der Waals surface area contributed by atoms with Crippen LogP contribution in [0.4, 0.5) is 4.39 Å². The standard InChI is InChI=1S/C12H24FN3/c13-9-12(10-14)3-7-16(8-4-12)11-1-5-15-6-2-11/h11,15H,1-10,14H2. The summed E-state index contributed by atoms with van der Waals surface area (Å²) in [5.74, 6) is 0. The van der Waals surface area contributed by atoms with Crippen molar-refractivity contribution in [1.29, 1.82) is 0 Å². The molecule has 0 aromatic carbocycles. The summed E-state index contributed by atoms with van der Waals surface area (Å²) in [5.41, 5.74) is 5.50. The van der Waals surface area contributed by atoms with E-state index in [0.717, 1.165) is 45.1 Å². The van der Waals surface area contributed by atoms with Crippen molar-refractivity contribution >= 4 is 0 Å². The molecule has 0 aromatic heterocycles. The zero-order valence-electron chi connectivity index (χ0n) is 10.1. The molecule has 0 radical (unpaired) electrons. The summed E-state index contributed by atoms with van der Waals surface area (Å²) in [6, 6.07) is 0.719. The highest BCUT2D eigenvalue weighted by molar-refractivity contribution is 4.89. The van der Waals surface area contributed by atoms with Crippen molar-refractivity contribution in [1.82, 2.24) is 10.2 Å². The second-order valence-electron chi connectivity index (χ2n) is 5.35. The molecule has 2 fully saturated rings. The molecule has 16 heavy (non-hydrogen) atoms. The second kappa shape index (κ2) is 5.43. The SMILES string of the molecule is NCC1(CF)CCN(C2CCNCC2)CC1.